The molecule has 0 N–H and O–H groups in total. The van der Waals surface area contributed by atoms with Crippen LogP contribution in [0.5, 0.6) is 11.5 Å². The maximum atomic E-state index is 14.1. The first kappa shape index (κ1) is 24.4. The van der Waals surface area contributed by atoms with Gasteiger partial charge in [-0.3, -0.25) is 14.5 Å². The van der Waals surface area contributed by atoms with Crippen molar-refractivity contribution in [1.82, 2.24) is 4.98 Å². The average Bonchev–Trinajstić information content (AvgIpc) is 3.26. The molecular weight excluding hydrogens is 499 g/mol. The maximum absolute atomic E-state index is 14.1. The van der Waals surface area contributed by atoms with Crippen molar-refractivity contribution < 1.29 is 23.1 Å². The van der Waals surface area contributed by atoms with Gasteiger partial charge in [-0.25, -0.2) is 9.37 Å². The van der Waals surface area contributed by atoms with E-state index in [1.54, 1.807) is 42.6 Å². The number of amides is 1. The Hall–Kier alpha value is -4.98. The van der Waals surface area contributed by atoms with Crippen LogP contribution in [0.15, 0.2) is 100 Å². The number of ether oxygens (including phenoxy) is 2. The molecule has 0 bridgehead atoms. The summed E-state index contributed by atoms with van der Waals surface area (Å²) in [6, 6.07) is 23.0. The predicted molar refractivity (Wildman–Crippen MR) is 144 cm³/mol. The van der Waals surface area contributed by atoms with E-state index in [9.17, 15) is 14.0 Å². The minimum atomic E-state index is -0.881. The van der Waals surface area contributed by atoms with Gasteiger partial charge in [0, 0.05) is 6.20 Å². The molecule has 3 aromatic carbocycles. The third-order valence-electron chi connectivity index (χ3n) is 6.55. The Labute approximate surface area is 223 Å². The normalized spacial score (nSPS) is 14.5. The van der Waals surface area contributed by atoms with Crippen LogP contribution in [0.25, 0.3) is 11.0 Å². The van der Waals surface area contributed by atoms with E-state index in [0.29, 0.717) is 36.1 Å². The number of carbonyl (C=O) groups excluding carboxylic acids is 1. The topological polar surface area (TPSA) is 81.9 Å². The zero-order valence-electron chi connectivity index (χ0n) is 21.0. The van der Waals surface area contributed by atoms with E-state index in [2.05, 4.69) is 4.98 Å². The number of hydrogen-bond acceptors (Lipinski definition) is 6. The van der Waals surface area contributed by atoms with Crippen molar-refractivity contribution in [3.05, 3.63) is 130 Å². The molecule has 0 radical (unpaired) electrons. The van der Waals surface area contributed by atoms with Gasteiger partial charge in [0.2, 0.25) is 5.76 Å². The zero-order chi connectivity index (χ0) is 26.9. The third kappa shape index (κ3) is 4.40. The van der Waals surface area contributed by atoms with Gasteiger partial charge in [0.1, 0.15) is 23.8 Å². The number of halogens is 1. The summed E-state index contributed by atoms with van der Waals surface area (Å²) in [6.45, 7) is 2.57. The van der Waals surface area contributed by atoms with Crippen LogP contribution >= 0.6 is 0 Å². The van der Waals surface area contributed by atoms with E-state index < -0.39 is 23.2 Å². The average molecular weight is 523 g/mol. The largest absolute Gasteiger partial charge is 0.490 e. The van der Waals surface area contributed by atoms with Gasteiger partial charge in [-0.05, 0) is 60.5 Å². The molecule has 0 fully saturated rings. The van der Waals surface area contributed by atoms with Gasteiger partial charge in [-0.15, -0.1) is 0 Å². The smallest absolute Gasteiger partial charge is 0.296 e. The molecule has 7 nitrogen and oxygen atoms in total. The maximum Gasteiger partial charge on any atom is 0.296 e. The molecule has 1 aliphatic rings. The van der Waals surface area contributed by atoms with Crippen molar-refractivity contribution in [2.75, 3.05) is 11.5 Å². The van der Waals surface area contributed by atoms with Crippen molar-refractivity contribution in [3.8, 4) is 11.5 Å². The SMILES string of the molecule is CCOc1cc(C2c3c(oc4ccc(F)cc4c3=O)C(=O)N2c2ccccn2)ccc1OCc1ccccc1. The van der Waals surface area contributed by atoms with Crippen molar-refractivity contribution in [2.45, 2.75) is 19.6 Å². The van der Waals surface area contributed by atoms with Gasteiger partial charge >= 0.3 is 0 Å². The molecule has 1 atom stereocenters. The highest BCUT2D eigenvalue weighted by Gasteiger charge is 2.44. The molecule has 0 aliphatic carbocycles. The predicted octanol–water partition coefficient (Wildman–Crippen LogP) is 6.05. The van der Waals surface area contributed by atoms with E-state index in [0.717, 1.165) is 11.6 Å². The fourth-order valence-corrected chi connectivity index (χ4v) is 4.81. The van der Waals surface area contributed by atoms with Gasteiger partial charge < -0.3 is 13.9 Å². The first-order chi connectivity index (χ1) is 19.0. The van der Waals surface area contributed by atoms with Crippen LogP contribution < -0.4 is 19.8 Å². The third-order valence-corrected chi connectivity index (χ3v) is 6.55. The van der Waals surface area contributed by atoms with Gasteiger partial charge in [-0.2, -0.15) is 0 Å². The number of hydrogen-bond donors (Lipinski definition) is 0. The minimum absolute atomic E-state index is 0.0577. The molecule has 1 aliphatic heterocycles. The fraction of sp³-hybridized carbons (Fsp3) is 0.129. The summed E-state index contributed by atoms with van der Waals surface area (Å²) >= 11 is 0. The second-order valence-electron chi connectivity index (χ2n) is 8.99. The van der Waals surface area contributed by atoms with Crippen LogP contribution in [0, 0.1) is 5.82 Å². The number of pyridine rings is 1. The molecule has 0 saturated heterocycles. The molecule has 39 heavy (non-hydrogen) atoms. The minimum Gasteiger partial charge on any atom is -0.490 e. The molecule has 6 rings (SSSR count). The first-order valence-electron chi connectivity index (χ1n) is 12.5. The van der Waals surface area contributed by atoms with Gasteiger partial charge in [0.25, 0.3) is 5.91 Å². The highest BCUT2D eigenvalue weighted by atomic mass is 19.1. The van der Waals surface area contributed by atoms with Crippen molar-refractivity contribution in [3.63, 3.8) is 0 Å². The lowest BCUT2D eigenvalue weighted by Crippen LogP contribution is -2.30. The van der Waals surface area contributed by atoms with Crippen LogP contribution in [-0.2, 0) is 6.61 Å². The van der Waals surface area contributed by atoms with Gasteiger partial charge in [0.15, 0.2) is 16.9 Å². The molecule has 8 heteroatoms. The van der Waals surface area contributed by atoms with E-state index >= 15 is 0 Å². The Kier molecular flexibility index (Phi) is 6.28. The lowest BCUT2D eigenvalue weighted by atomic mass is 9.98. The molecule has 3 heterocycles. The Morgan fingerprint density at radius 1 is 0.923 bits per heavy atom. The standard InChI is InChI=1S/C31H23FN2O5/c1-2-37-25-16-20(11-13-24(25)38-18-19-8-4-3-5-9-19)28-27-29(35)22-17-21(32)12-14-23(22)39-30(27)31(36)34(28)26-10-6-7-15-33-26/h3-17,28H,2,18H2,1H3. The van der Waals surface area contributed by atoms with Crippen molar-refractivity contribution in [1.29, 1.82) is 0 Å². The Balaban J connectivity index is 1.50. The van der Waals surface area contributed by atoms with Crippen molar-refractivity contribution >= 4 is 22.7 Å². The molecule has 2 aromatic heterocycles. The summed E-state index contributed by atoms with van der Waals surface area (Å²) < 4.78 is 31.9. The number of aromatic nitrogens is 1. The highest BCUT2D eigenvalue weighted by molar-refractivity contribution is 6.10. The molecular formula is C31H23FN2O5. The summed E-state index contributed by atoms with van der Waals surface area (Å²) in [5.74, 6) is 0.137. The second-order valence-corrected chi connectivity index (χ2v) is 8.99. The Morgan fingerprint density at radius 3 is 2.51 bits per heavy atom. The van der Waals surface area contributed by atoms with Crippen LogP contribution in [0.1, 0.15) is 40.2 Å². The monoisotopic (exact) mass is 522 g/mol. The Morgan fingerprint density at radius 2 is 1.74 bits per heavy atom. The number of anilines is 1. The quantitative estimate of drug-likeness (QED) is 0.259. The summed E-state index contributed by atoms with van der Waals surface area (Å²) in [5, 5.41) is 0.0577. The van der Waals surface area contributed by atoms with Crippen LogP contribution in [-0.4, -0.2) is 17.5 Å². The van der Waals surface area contributed by atoms with Crippen molar-refractivity contribution in [2.24, 2.45) is 0 Å². The van der Waals surface area contributed by atoms with Crippen LogP contribution in [0.2, 0.25) is 0 Å². The number of fused-ring (bicyclic) bond motifs is 2. The first-order valence-corrected chi connectivity index (χ1v) is 12.5. The van der Waals surface area contributed by atoms with Gasteiger partial charge in [0.05, 0.1) is 23.6 Å². The molecule has 0 spiro atoms. The molecule has 194 valence electrons. The second kappa shape index (κ2) is 10.1. The van der Waals surface area contributed by atoms with Crippen LogP contribution in [0.4, 0.5) is 10.2 Å². The molecule has 5 aromatic rings. The zero-order valence-corrected chi connectivity index (χ0v) is 21.0. The Bertz CT molecular complexity index is 1740. The van der Waals surface area contributed by atoms with E-state index in [1.807, 2.05) is 37.3 Å². The highest BCUT2D eigenvalue weighted by Crippen LogP contribution is 2.43. The number of carbonyl (C=O) groups is 1. The lowest BCUT2D eigenvalue weighted by Gasteiger charge is -2.25. The molecule has 1 unspecified atom stereocenters. The summed E-state index contributed by atoms with van der Waals surface area (Å²) in [5.41, 5.74) is 1.35. The summed E-state index contributed by atoms with van der Waals surface area (Å²) in [7, 11) is 0. The lowest BCUT2D eigenvalue weighted by molar-refractivity contribution is 0.0970. The van der Waals surface area contributed by atoms with E-state index in [4.69, 9.17) is 13.9 Å². The number of nitrogens with zero attached hydrogens (tertiary/aromatic N) is 2. The van der Waals surface area contributed by atoms with E-state index in [1.165, 1.54) is 17.0 Å². The van der Waals surface area contributed by atoms with Gasteiger partial charge in [-0.1, -0.05) is 42.5 Å². The fourth-order valence-electron chi connectivity index (χ4n) is 4.81. The number of rotatable bonds is 7. The molecule has 0 saturated carbocycles. The van der Waals surface area contributed by atoms with Crippen LogP contribution in [0.3, 0.4) is 0 Å². The summed E-state index contributed by atoms with van der Waals surface area (Å²) in [6.07, 6.45) is 1.57. The summed E-state index contributed by atoms with van der Waals surface area (Å²) in [4.78, 5) is 33.2. The molecule has 1 amide bonds. The van der Waals surface area contributed by atoms with E-state index in [-0.39, 0.29) is 22.3 Å². The number of benzene rings is 3.